The number of anilines is 1. The van der Waals surface area contributed by atoms with Gasteiger partial charge in [-0.15, -0.1) is 0 Å². The molecule has 5 nitrogen and oxygen atoms in total. The number of carbonyl (C=O) groups is 2. The Balaban J connectivity index is 1.77. The average Bonchev–Trinajstić information content (AvgIpc) is 2.57. The van der Waals surface area contributed by atoms with Gasteiger partial charge in [0.25, 0.3) is 0 Å². The smallest absolute Gasteiger partial charge is 0.233 e. The highest BCUT2D eigenvalue weighted by Gasteiger charge is 2.11. The van der Waals surface area contributed by atoms with Gasteiger partial charge < -0.3 is 15.4 Å². The summed E-state index contributed by atoms with van der Waals surface area (Å²) in [6.07, 6.45) is 0.374. The monoisotopic (exact) mass is 346 g/mol. The summed E-state index contributed by atoms with van der Waals surface area (Å²) in [4.78, 5) is 23.7. The third kappa shape index (κ3) is 5.28. The van der Waals surface area contributed by atoms with E-state index >= 15 is 0 Å². The van der Waals surface area contributed by atoms with Crippen molar-refractivity contribution in [2.24, 2.45) is 0 Å². The number of nitrogens with one attached hydrogen (secondary N) is 2. The minimum atomic E-state index is -0.405. The number of ether oxygens (including phenoxy) is 1. The van der Waals surface area contributed by atoms with Crippen molar-refractivity contribution in [3.8, 4) is 5.75 Å². The van der Waals surface area contributed by atoms with E-state index in [1.165, 1.54) is 0 Å². The first-order valence-electron chi connectivity index (χ1n) is 7.53. The third-order valence-corrected chi connectivity index (χ3v) is 3.71. The van der Waals surface area contributed by atoms with E-state index < -0.39 is 5.91 Å². The van der Waals surface area contributed by atoms with Gasteiger partial charge in [-0.3, -0.25) is 9.59 Å². The van der Waals surface area contributed by atoms with E-state index in [0.717, 1.165) is 11.3 Å². The van der Waals surface area contributed by atoms with Gasteiger partial charge in [-0.1, -0.05) is 41.9 Å². The lowest BCUT2D eigenvalue weighted by atomic mass is 10.1. The molecule has 0 spiro atoms. The number of para-hydroxylation sites is 2. The highest BCUT2D eigenvalue weighted by atomic mass is 35.5. The molecule has 0 aliphatic heterocycles. The van der Waals surface area contributed by atoms with E-state index in [1.54, 1.807) is 31.4 Å². The van der Waals surface area contributed by atoms with Crippen molar-refractivity contribution < 1.29 is 14.3 Å². The van der Waals surface area contributed by atoms with Crippen LogP contribution in [-0.4, -0.2) is 25.5 Å². The molecular formula is C18H19ClN2O3. The zero-order valence-corrected chi connectivity index (χ0v) is 14.1. The lowest BCUT2D eigenvalue weighted by Crippen LogP contribution is -2.29. The van der Waals surface area contributed by atoms with Crippen LogP contribution in [0.1, 0.15) is 12.0 Å². The van der Waals surface area contributed by atoms with Gasteiger partial charge in [-0.25, -0.2) is 0 Å². The van der Waals surface area contributed by atoms with Crippen molar-refractivity contribution in [1.29, 1.82) is 0 Å². The summed E-state index contributed by atoms with van der Waals surface area (Å²) in [5.41, 5.74) is 1.49. The number of hydrogen-bond donors (Lipinski definition) is 2. The fourth-order valence-corrected chi connectivity index (χ4v) is 2.39. The van der Waals surface area contributed by atoms with Gasteiger partial charge in [-0.2, -0.15) is 0 Å². The van der Waals surface area contributed by atoms with E-state index in [4.69, 9.17) is 16.3 Å². The third-order valence-electron chi connectivity index (χ3n) is 3.38. The molecule has 0 unspecified atom stereocenters. The first kappa shape index (κ1) is 17.8. The Morgan fingerprint density at radius 3 is 2.50 bits per heavy atom. The van der Waals surface area contributed by atoms with Crippen LogP contribution in [0.5, 0.6) is 5.75 Å². The maximum Gasteiger partial charge on any atom is 0.233 e. The number of amides is 2. The quantitative estimate of drug-likeness (QED) is 0.757. The van der Waals surface area contributed by atoms with Crippen molar-refractivity contribution in [2.45, 2.75) is 12.8 Å². The van der Waals surface area contributed by atoms with Crippen LogP contribution in [-0.2, 0) is 16.0 Å². The molecule has 2 aromatic carbocycles. The first-order chi connectivity index (χ1) is 11.6. The Hall–Kier alpha value is -2.53. The minimum absolute atomic E-state index is 0.253. The van der Waals surface area contributed by atoms with Crippen LogP contribution < -0.4 is 15.4 Å². The first-order valence-corrected chi connectivity index (χ1v) is 7.91. The molecular weight excluding hydrogens is 328 g/mol. The summed E-state index contributed by atoms with van der Waals surface area (Å²) in [6.45, 7) is 0.429. The van der Waals surface area contributed by atoms with Gasteiger partial charge in [0.2, 0.25) is 11.8 Å². The molecule has 0 aromatic heterocycles. The molecule has 126 valence electrons. The molecule has 0 fully saturated rings. The van der Waals surface area contributed by atoms with E-state index in [2.05, 4.69) is 10.6 Å². The van der Waals surface area contributed by atoms with Crippen LogP contribution in [0.25, 0.3) is 0 Å². The summed E-state index contributed by atoms with van der Waals surface area (Å²) in [5, 5.41) is 5.77. The standard InChI is InChI=1S/C18H19ClN2O3/c1-24-16-9-5-2-6-13(16)10-11-20-17(22)12-18(23)21-15-8-4-3-7-14(15)19/h2-9H,10-12H2,1H3,(H,20,22)(H,21,23). The van der Waals surface area contributed by atoms with Crippen molar-refractivity contribution in [1.82, 2.24) is 5.32 Å². The fourth-order valence-electron chi connectivity index (χ4n) is 2.21. The molecule has 0 saturated carbocycles. The molecule has 0 radical (unpaired) electrons. The Kier molecular flexibility index (Phi) is 6.63. The minimum Gasteiger partial charge on any atom is -0.496 e. The average molecular weight is 347 g/mol. The molecule has 6 heteroatoms. The van der Waals surface area contributed by atoms with Gasteiger partial charge >= 0.3 is 0 Å². The number of methoxy groups -OCH3 is 1. The summed E-state index contributed by atoms with van der Waals surface area (Å²) < 4.78 is 5.26. The second-order valence-corrected chi connectivity index (χ2v) is 5.52. The van der Waals surface area contributed by atoms with Crippen LogP contribution in [0.2, 0.25) is 5.02 Å². The SMILES string of the molecule is COc1ccccc1CCNC(=O)CC(=O)Nc1ccccc1Cl. The van der Waals surface area contributed by atoms with Crippen LogP contribution in [0, 0.1) is 0 Å². The van der Waals surface area contributed by atoms with Crippen LogP contribution >= 0.6 is 11.6 Å². The number of halogens is 1. The molecule has 0 saturated heterocycles. The van der Waals surface area contributed by atoms with Gasteiger partial charge in [-0.05, 0) is 30.2 Å². The number of carbonyl (C=O) groups excluding carboxylic acids is 2. The molecule has 0 aliphatic rings. The topological polar surface area (TPSA) is 67.4 Å². The molecule has 2 N–H and O–H groups in total. The summed E-state index contributed by atoms with van der Waals surface area (Å²) in [7, 11) is 1.61. The van der Waals surface area contributed by atoms with Gasteiger partial charge in [0.1, 0.15) is 12.2 Å². The maximum absolute atomic E-state index is 11.9. The number of rotatable bonds is 7. The van der Waals surface area contributed by atoms with Crippen molar-refractivity contribution in [3.05, 3.63) is 59.1 Å². The molecule has 2 rings (SSSR count). The van der Waals surface area contributed by atoms with Crippen molar-refractivity contribution in [3.63, 3.8) is 0 Å². The van der Waals surface area contributed by atoms with E-state index in [1.807, 2.05) is 24.3 Å². The zero-order chi connectivity index (χ0) is 17.4. The molecule has 2 aromatic rings. The number of hydrogen-bond acceptors (Lipinski definition) is 3. The predicted molar refractivity (Wildman–Crippen MR) is 94.4 cm³/mol. The highest BCUT2D eigenvalue weighted by molar-refractivity contribution is 6.33. The molecule has 0 atom stereocenters. The second kappa shape index (κ2) is 8.93. The van der Waals surface area contributed by atoms with Crippen molar-refractivity contribution in [2.75, 3.05) is 19.0 Å². The Labute approximate surface area is 146 Å². The summed E-state index contributed by atoms with van der Waals surface area (Å²) >= 11 is 5.96. The normalized spacial score (nSPS) is 10.1. The zero-order valence-electron chi connectivity index (χ0n) is 13.3. The highest BCUT2D eigenvalue weighted by Crippen LogP contribution is 2.20. The number of benzene rings is 2. The molecule has 2 amide bonds. The lowest BCUT2D eigenvalue weighted by molar-refractivity contribution is -0.126. The predicted octanol–water partition coefficient (Wildman–Crippen LogP) is 3.04. The molecule has 0 heterocycles. The summed E-state index contributed by atoms with van der Waals surface area (Å²) in [6, 6.07) is 14.5. The van der Waals surface area contributed by atoms with E-state index in [-0.39, 0.29) is 12.3 Å². The second-order valence-electron chi connectivity index (χ2n) is 5.12. The van der Waals surface area contributed by atoms with Crippen LogP contribution in [0.15, 0.2) is 48.5 Å². The molecule has 0 aliphatic carbocycles. The Morgan fingerprint density at radius 1 is 1.04 bits per heavy atom. The Bertz CT molecular complexity index is 719. The molecule has 24 heavy (non-hydrogen) atoms. The maximum atomic E-state index is 11.9. The van der Waals surface area contributed by atoms with Crippen LogP contribution in [0.3, 0.4) is 0 Å². The van der Waals surface area contributed by atoms with Crippen LogP contribution in [0.4, 0.5) is 5.69 Å². The van der Waals surface area contributed by atoms with E-state index in [0.29, 0.717) is 23.7 Å². The molecule has 0 bridgehead atoms. The fraction of sp³-hybridized carbons (Fsp3) is 0.222. The van der Waals surface area contributed by atoms with Gasteiger partial charge in [0, 0.05) is 6.54 Å². The lowest BCUT2D eigenvalue weighted by Gasteiger charge is -2.09. The van der Waals surface area contributed by atoms with Gasteiger partial charge in [0.15, 0.2) is 0 Å². The largest absolute Gasteiger partial charge is 0.496 e. The summed E-state index contributed by atoms with van der Waals surface area (Å²) in [5.74, 6) is 0.0376. The van der Waals surface area contributed by atoms with Crippen molar-refractivity contribution >= 4 is 29.1 Å². The van der Waals surface area contributed by atoms with E-state index in [9.17, 15) is 9.59 Å². The Morgan fingerprint density at radius 2 is 1.75 bits per heavy atom. The van der Waals surface area contributed by atoms with Gasteiger partial charge in [0.05, 0.1) is 17.8 Å².